The Morgan fingerprint density at radius 3 is 2.87 bits per heavy atom. The summed E-state index contributed by atoms with van der Waals surface area (Å²) in [6.45, 7) is 6.03. The molecule has 0 aliphatic heterocycles. The molecule has 1 N–H and O–H groups in total. The molecule has 0 bridgehead atoms. The van der Waals surface area contributed by atoms with Crippen molar-refractivity contribution in [3.8, 4) is 0 Å². The lowest BCUT2D eigenvalue weighted by atomic mass is 9.97. The fourth-order valence-corrected chi connectivity index (χ4v) is 1.85. The maximum Gasteiger partial charge on any atom is 0.123 e. The summed E-state index contributed by atoms with van der Waals surface area (Å²) in [6.07, 6.45) is 0.969. The Morgan fingerprint density at radius 1 is 1.47 bits per heavy atom. The van der Waals surface area contributed by atoms with Crippen molar-refractivity contribution in [2.24, 2.45) is 0 Å². The summed E-state index contributed by atoms with van der Waals surface area (Å²) >= 11 is 6.02. The molecule has 1 nitrogen and oxygen atoms in total. The standard InChI is InChI=1S/C12H17ClFN/c1-3-15-7-6-9(2)11-8-10(14)4-5-12(11)13/h4-5,8-9,15H,3,6-7H2,1-2H3. The van der Waals surface area contributed by atoms with Gasteiger partial charge in [-0.15, -0.1) is 0 Å². The summed E-state index contributed by atoms with van der Waals surface area (Å²) in [5, 5.41) is 3.90. The largest absolute Gasteiger partial charge is 0.317 e. The van der Waals surface area contributed by atoms with Crippen LogP contribution in [0.5, 0.6) is 0 Å². The van der Waals surface area contributed by atoms with E-state index in [2.05, 4.69) is 19.2 Å². The van der Waals surface area contributed by atoms with Gasteiger partial charge >= 0.3 is 0 Å². The highest BCUT2D eigenvalue weighted by molar-refractivity contribution is 6.31. The van der Waals surface area contributed by atoms with Gasteiger partial charge in [-0.3, -0.25) is 0 Å². The maximum atomic E-state index is 13.0. The summed E-state index contributed by atoms with van der Waals surface area (Å²) in [5.41, 5.74) is 0.898. The number of hydrogen-bond acceptors (Lipinski definition) is 1. The van der Waals surface area contributed by atoms with Crippen LogP contribution in [-0.2, 0) is 0 Å². The van der Waals surface area contributed by atoms with Crippen LogP contribution in [0.2, 0.25) is 5.02 Å². The minimum Gasteiger partial charge on any atom is -0.317 e. The monoisotopic (exact) mass is 229 g/mol. The van der Waals surface area contributed by atoms with E-state index in [1.54, 1.807) is 6.07 Å². The molecule has 0 aromatic heterocycles. The lowest BCUT2D eigenvalue weighted by Crippen LogP contribution is -2.16. The van der Waals surface area contributed by atoms with Crippen molar-refractivity contribution in [2.45, 2.75) is 26.2 Å². The molecule has 0 heterocycles. The summed E-state index contributed by atoms with van der Waals surface area (Å²) < 4.78 is 13.0. The second kappa shape index (κ2) is 6.09. The van der Waals surface area contributed by atoms with Gasteiger partial charge < -0.3 is 5.32 Å². The lowest BCUT2D eigenvalue weighted by Gasteiger charge is -2.13. The molecule has 0 spiro atoms. The van der Waals surface area contributed by atoms with Crippen molar-refractivity contribution in [3.63, 3.8) is 0 Å². The zero-order valence-electron chi connectivity index (χ0n) is 9.19. The van der Waals surface area contributed by atoms with Crippen molar-refractivity contribution in [3.05, 3.63) is 34.6 Å². The van der Waals surface area contributed by atoms with E-state index in [0.717, 1.165) is 25.1 Å². The first-order valence-corrected chi connectivity index (χ1v) is 5.68. The molecular weight excluding hydrogens is 213 g/mol. The Labute approximate surface area is 95.6 Å². The highest BCUT2D eigenvalue weighted by Gasteiger charge is 2.10. The van der Waals surface area contributed by atoms with Crippen molar-refractivity contribution >= 4 is 11.6 Å². The number of halogens is 2. The molecule has 0 saturated heterocycles. The number of nitrogens with one attached hydrogen (secondary N) is 1. The first-order chi connectivity index (χ1) is 7.15. The molecule has 1 aromatic carbocycles. The molecule has 15 heavy (non-hydrogen) atoms. The summed E-state index contributed by atoms with van der Waals surface area (Å²) in [6, 6.07) is 4.54. The fraction of sp³-hybridized carbons (Fsp3) is 0.500. The Kier molecular flexibility index (Phi) is 5.06. The van der Waals surface area contributed by atoms with Crippen LogP contribution < -0.4 is 5.32 Å². The highest BCUT2D eigenvalue weighted by atomic mass is 35.5. The Morgan fingerprint density at radius 2 is 2.20 bits per heavy atom. The maximum absolute atomic E-state index is 13.0. The van der Waals surface area contributed by atoms with Gasteiger partial charge in [0.05, 0.1) is 0 Å². The number of rotatable bonds is 5. The quantitative estimate of drug-likeness (QED) is 0.761. The van der Waals surface area contributed by atoms with Crippen LogP contribution in [0, 0.1) is 5.82 Å². The summed E-state index contributed by atoms with van der Waals surface area (Å²) in [4.78, 5) is 0. The zero-order chi connectivity index (χ0) is 11.3. The summed E-state index contributed by atoms with van der Waals surface area (Å²) in [5.74, 6) is 0.0666. The van der Waals surface area contributed by atoms with E-state index in [1.807, 2.05) is 0 Å². The predicted molar refractivity (Wildman–Crippen MR) is 63.0 cm³/mol. The minimum atomic E-state index is -0.218. The Balaban J connectivity index is 2.64. The lowest BCUT2D eigenvalue weighted by molar-refractivity contribution is 0.595. The molecule has 84 valence electrons. The molecule has 0 amide bonds. The van der Waals surface area contributed by atoms with Gasteiger partial charge in [0.1, 0.15) is 5.82 Å². The molecule has 3 heteroatoms. The molecule has 0 aliphatic carbocycles. The second-order valence-corrected chi connectivity index (χ2v) is 4.12. The highest BCUT2D eigenvalue weighted by Crippen LogP contribution is 2.27. The van der Waals surface area contributed by atoms with Crippen LogP contribution in [0.15, 0.2) is 18.2 Å². The van der Waals surface area contributed by atoms with Crippen LogP contribution >= 0.6 is 11.6 Å². The van der Waals surface area contributed by atoms with Gasteiger partial charge in [-0.25, -0.2) is 4.39 Å². The van der Waals surface area contributed by atoms with Crippen LogP contribution in [0.3, 0.4) is 0 Å². The first-order valence-electron chi connectivity index (χ1n) is 5.30. The molecule has 1 atom stereocenters. The molecule has 1 unspecified atom stereocenters. The van der Waals surface area contributed by atoms with E-state index in [0.29, 0.717) is 5.02 Å². The van der Waals surface area contributed by atoms with Crippen LogP contribution in [0.1, 0.15) is 31.7 Å². The third kappa shape index (κ3) is 3.80. The average Bonchev–Trinajstić information content (AvgIpc) is 2.22. The van der Waals surface area contributed by atoms with Gasteiger partial charge in [0.25, 0.3) is 0 Å². The topological polar surface area (TPSA) is 12.0 Å². The average molecular weight is 230 g/mol. The van der Waals surface area contributed by atoms with Crippen LogP contribution in [0.25, 0.3) is 0 Å². The zero-order valence-corrected chi connectivity index (χ0v) is 9.94. The molecule has 0 radical (unpaired) electrons. The summed E-state index contributed by atoms with van der Waals surface area (Å²) in [7, 11) is 0. The van der Waals surface area contributed by atoms with Crippen LogP contribution in [-0.4, -0.2) is 13.1 Å². The molecule has 0 saturated carbocycles. The van der Waals surface area contributed by atoms with Crippen molar-refractivity contribution in [2.75, 3.05) is 13.1 Å². The van der Waals surface area contributed by atoms with Gasteiger partial charge in [0.2, 0.25) is 0 Å². The van der Waals surface area contributed by atoms with Gasteiger partial charge in [-0.05, 0) is 49.2 Å². The second-order valence-electron chi connectivity index (χ2n) is 3.71. The molecule has 1 aromatic rings. The molecule has 0 fully saturated rings. The number of hydrogen-bond donors (Lipinski definition) is 1. The van der Waals surface area contributed by atoms with Crippen molar-refractivity contribution in [1.82, 2.24) is 5.32 Å². The number of benzene rings is 1. The van der Waals surface area contributed by atoms with Gasteiger partial charge in [0.15, 0.2) is 0 Å². The van der Waals surface area contributed by atoms with E-state index >= 15 is 0 Å². The van der Waals surface area contributed by atoms with Crippen molar-refractivity contribution in [1.29, 1.82) is 0 Å². The van der Waals surface area contributed by atoms with Crippen LogP contribution in [0.4, 0.5) is 4.39 Å². The van der Waals surface area contributed by atoms with E-state index in [4.69, 9.17) is 11.6 Å². The molecule has 1 rings (SSSR count). The van der Waals surface area contributed by atoms with E-state index in [1.165, 1.54) is 12.1 Å². The predicted octanol–water partition coefficient (Wildman–Crippen LogP) is 3.58. The first kappa shape index (κ1) is 12.5. The Hall–Kier alpha value is -0.600. The van der Waals surface area contributed by atoms with Gasteiger partial charge in [0, 0.05) is 5.02 Å². The Bertz CT molecular complexity index is 314. The van der Waals surface area contributed by atoms with E-state index in [-0.39, 0.29) is 11.7 Å². The van der Waals surface area contributed by atoms with E-state index < -0.39 is 0 Å². The third-order valence-corrected chi connectivity index (χ3v) is 2.84. The smallest absolute Gasteiger partial charge is 0.123 e. The van der Waals surface area contributed by atoms with E-state index in [9.17, 15) is 4.39 Å². The minimum absolute atomic E-state index is 0.218. The van der Waals surface area contributed by atoms with Crippen molar-refractivity contribution < 1.29 is 4.39 Å². The third-order valence-electron chi connectivity index (χ3n) is 2.49. The SMILES string of the molecule is CCNCCC(C)c1cc(F)ccc1Cl. The fourth-order valence-electron chi connectivity index (χ4n) is 1.54. The molecule has 0 aliphatic rings. The van der Waals surface area contributed by atoms with Gasteiger partial charge in [-0.2, -0.15) is 0 Å². The molecular formula is C12H17ClFN. The normalized spacial score (nSPS) is 12.8. The van der Waals surface area contributed by atoms with Gasteiger partial charge in [-0.1, -0.05) is 25.4 Å².